The van der Waals surface area contributed by atoms with Gasteiger partial charge in [-0.05, 0) is 129 Å². The van der Waals surface area contributed by atoms with Crippen LogP contribution >= 0.6 is 0 Å². The molecule has 4 N–H and O–H groups in total. The zero-order chi connectivity index (χ0) is 23.0. The highest BCUT2D eigenvalue weighted by Crippen LogP contribution is 2.74. The molecule has 0 aliphatic heterocycles. The second-order valence-electron chi connectivity index (χ2n) is 15.7. The SMILES string of the molecule is NC12CC3C4CC5(O)CC3C(C1)C(C5)C4C2.O=[N+]([O-])C12CC3C4CC5(O)CC3C(C1)C(C5)C4C2. The smallest absolute Gasteiger partial charge is 0.223 e. The Morgan fingerprint density at radius 2 is 0.765 bits per heavy atom. The highest BCUT2D eigenvalue weighted by Gasteiger charge is 2.74. The van der Waals surface area contributed by atoms with Crippen LogP contribution in [0.5, 0.6) is 0 Å². The molecule has 186 valence electrons. The first-order valence-corrected chi connectivity index (χ1v) is 14.5. The standard InChI is InChI=1S/C14H19NO3.C14H21NO/c16-14-4-10-7-1-13(15(17)18)2-8(10)12(6-14)9(3-13)11(7)5-14;15-13-1-7-10-4-14(16)5-11(7)9(3-13)12(6-14)8(10)2-13/h7-12,16H,1-6H2;7-12,16H,1-6,15H2. The number of nitrogens with zero attached hydrogens (tertiary/aromatic N) is 1. The average Bonchev–Trinajstić information content (AvgIpc) is 2.78. The van der Waals surface area contributed by atoms with Crippen molar-refractivity contribution in [3.05, 3.63) is 10.1 Å². The van der Waals surface area contributed by atoms with Gasteiger partial charge < -0.3 is 15.9 Å². The molecular formula is C28H40N2O4. The van der Waals surface area contributed by atoms with E-state index in [1.54, 1.807) is 0 Å². The molecule has 14 saturated carbocycles. The fourth-order valence-corrected chi connectivity index (χ4v) is 14.0. The predicted octanol–water partition coefficient (Wildman–Crippen LogP) is 3.36. The lowest BCUT2D eigenvalue weighted by Crippen LogP contribution is -2.72. The Kier molecular flexibility index (Phi) is 3.43. The molecule has 0 atom stereocenters. The van der Waals surface area contributed by atoms with Crippen LogP contribution in [-0.2, 0) is 0 Å². The van der Waals surface area contributed by atoms with Crippen molar-refractivity contribution >= 4 is 0 Å². The van der Waals surface area contributed by atoms with E-state index in [1.807, 2.05) is 0 Å². The van der Waals surface area contributed by atoms with Crippen LogP contribution in [0.1, 0.15) is 77.0 Å². The molecule has 16 bridgehead atoms. The zero-order valence-corrected chi connectivity index (χ0v) is 20.1. The summed E-state index contributed by atoms with van der Waals surface area (Å²) in [5.74, 6) is 8.70. The molecule has 34 heavy (non-hydrogen) atoms. The van der Waals surface area contributed by atoms with Crippen LogP contribution in [0.2, 0.25) is 0 Å². The molecule has 0 saturated heterocycles. The maximum atomic E-state index is 11.5. The van der Waals surface area contributed by atoms with Gasteiger partial charge in [-0.25, -0.2) is 0 Å². The number of aliphatic hydroxyl groups is 2. The maximum absolute atomic E-state index is 11.5. The van der Waals surface area contributed by atoms with Crippen LogP contribution in [-0.4, -0.2) is 37.4 Å². The Balaban J connectivity index is 0.000000104. The molecule has 0 unspecified atom stereocenters. The minimum absolute atomic E-state index is 0.0536. The highest BCUT2D eigenvalue weighted by molar-refractivity contribution is 5.22. The van der Waals surface area contributed by atoms with Crippen LogP contribution in [0.15, 0.2) is 0 Å². The molecule has 14 rings (SSSR count). The van der Waals surface area contributed by atoms with Crippen molar-refractivity contribution in [2.75, 3.05) is 0 Å². The summed E-state index contributed by atoms with van der Waals surface area (Å²) in [5, 5.41) is 32.8. The zero-order valence-electron chi connectivity index (χ0n) is 20.1. The van der Waals surface area contributed by atoms with Gasteiger partial charge >= 0.3 is 0 Å². The monoisotopic (exact) mass is 468 g/mol. The van der Waals surface area contributed by atoms with Gasteiger partial charge in [-0.15, -0.1) is 0 Å². The van der Waals surface area contributed by atoms with E-state index in [1.165, 1.54) is 19.3 Å². The summed E-state index contributed by atoms with van der Waals surface area (Å²) in [6.07, 6.45) is 12.4. The molecule has 0 aromatic heterocycles. The summed E-state index contributed by atoms with van der Waals surface area (Å²) in [6, 6.07) is 0. The summed E-state index contributed by atoms with van der Waals surface area (Å²) >= 11 is 0. The molecule has 0 amide bonds. The van der Waals surface area contributed by atoms with E-state index >= 15 is 0 Å². The van der Waals surface area contributed by atoms with Crippen LogP contribution in [0.3, 0.4) is 0 Å². The van der Waals surface area contributed by atoms with Gasteiger partial charge in [0, 0.05) is 29.7 Å². The van der Waals surface area contributed by atoms with Gasteiger partial charge in [-0.1, -0.05) is 0 Å². The van der Waals surface area contributed by atoms with Crippen molar-refractivity contribution in [1.82, 2.24) is 0 Å². The second kappa shape index (κ2) is 5.72. The summed E-state index contributed by atoms with van der Waals surface area (Å²) < 4.78 is 0. The molecule has 0 heterocycles. The molecule has 14 aliphatic rings. The number of hydrogen-bond acceptors (Lipinski definition) is 5. The van der Waals surface area contributed by atoms with Gasteiger partial charge in [0.15, 0.2) is 0 Å². The first-order chi connectivity index (χ1) is 16.1. The minimum atomic E-state index is -0.573. The van der Waals surface area contributed by atoms with E-state index in [4.69, 9.17) is 5.73 Å². The molecule has 6 heteroatoms. The van der Waals surface area contributed by atoms with E-state index in [-0.39, 0.29) is 16.1 Å². The first kappa shape index (κ1) is 20.4. The van der Waals surface area contributed by atoms with E-state index in [0.29, 0.717) is 35.5 Å². The van der Waals surface area contributed by atoms with Gasteiger partial charge in [-0.3, -0.25) is 10.1 Å². The van der Waals surface area contributed by atoms with E-state index < -0.39 is 11.1 Å². The van der Waals surface area contributed by atoms with Gasteiger partial charge in [0.05, 0.1) is 11.2 Å². The lowest BCUT2D eigenvalue weighted by atomic mass is 9.33. The minimum Gasteiger partial charge on any atom is -0.390 e. The van der Waals surface area contributed by atoms with Gasteiger partial charge in [0.1, 0.15) is 0 Å². The third-order valence-corrected chi connectivity index (χ3v) is 14.5. The lowest BCUT2D eigenvalue weighted by molar-refractivity contribution is -0.597. The summed E-state index contributed by atoms with van der Waals surface area (Å²) in [4.78, 5) is 11.6. The predicted molar refractivity (Wildman–Crippen MR) is 124 cm³/mol. The molecule has 0 aromatic carbocycles. The quantitative estimate of drug-likeness (QED) is 0.404. The highest BCUT2D eigenvalue weighted by atomic mass is 16.6. The van der Waals surface area contributed by atoms with E-state index in [0.717, 1.165) is 93.3 Å². The Morgan fingerprint density at radius 3 is 1.03 bits per heavy atom. The molecule has 0 radical (unpaired) electrons. The van der Waals surface area contributed by atoms with Crippen molar-refractivity contribution in [3.63, 3.8) is 0 Å². The number of nitro groups is 1. The van der Waals surface area contributed by atoms with Crippen molar-refractivity contribution in [2.45, 2.75) is 99.3 Å². The van der Waals surface area contributed by atoms with Crippen LogP contribution in [0.25, 0.3) is 0 Å². The maximum Gasteiger partial charge on any atom is 0.223 e. The fourth-order valence-electron chi connectivity index (χ4n) is 14.0. The Morgan fingerprint density at radius 1 is 0.529 bits per heavy atom. The molecule has 0 spiro atoms. The number of rotatable bonds is 1. The Bertz CT molecular complexity index is 831. The van der Waals surface area contributed by atoms with Crippen LogP contribution in [0.4, 0.5) is 0 Å². The Hall–Kier alpha value is -0.720. The van der Waals surface area contributed by atoms with Crippen molar-refractivity contribution in [3.8, 4) is 0 Å². The topological polar surface area (TPSA) is 110 Å². The molecule has 6 nitrogen and oxygen atoms in total. The van der Waals surface area contributed by atoms with Gasteiger partial charge in [0.2, 0.25) is 5.54 Å². The van der Waals surface area contributed by atoms with Crippen molar-refractivity contribution < 1.29 is 15.1 Å². The van der Waals surface area contributed by atoms with Gasteiger partial charge in [-0.2, -0.15) is 0 Å². The van der Waals surface area contributed by atoms with Crippen molar-refractivity contribution in [1.29, 1.82) is 0 Å². The van der Waals surface area contributed by atoms with E-state index in [2.05, 4.69) is 0 Å². The first-order valence-electron chi connectivity index (χ1n) is 14.5. The third kappa shape index (κ3) is 2.23. The van der Waals surface area contributed by atoms with Crippen LogP contribution < -0.4 is 5.73 Å². The van der Waals surface area contributed by atoms with Crippen LogP contribution in [0, 0.1) is 81.1 Å². The third-order valence-electron chi connectivity index (χ3n) is 14.5. The summed E-state index contributed by atoms with van der Waals surface area (Å²) in [7, 11) is 0. The second-order valence-corrected chi connectivity index (χ2v) is 15.7. The number of nitrogens with two attached hydrogens (primary N) is 1. The largest absolute Gasteiger partial charge is 0.390 e. The average molecular weight is 469 g/mol. The van der Waals surface area contributed by atoms with Gasteiger partial charge in [0.25, 0.3) is 0 Å². The molecule has 0 aromatic rings. The Labute approximate surface area is 201 Å². The lowest BCUT2D eigenvalue weighted by Gasteiger charge is -2.73. The summed E-state index contributed by atoms with van der Waals surface area (Å²) in [5.41, 5.74) is 5.56. The van der Waals surface area contributed by atoms with E-state index in [9.17, 15) is 20.3 Å². The fraction of sp³-hybridized carbons (Fsp3) is 1.00. The summed E-state index contributed by atoms with van der Waals surface area (Å²) in [6.45, 7) is 0. The number of hydrogen-bond donors (Lipinski definition) is 3. The molecule has 14 aliphatic carbocycles. The van der Waals surface area contributed by atoms with Crippen molar-refractivity contribution in [2.24, 2.45) is 76.7 Å². The normalized spacial score (nSPS) is 70.1. The molecular weight excluding hydrogens is 428 g/mol. The molecule has 14 fully saturated rings.